The van der Waals surface area contributed by atoms with Crippen LogP contribution in [0.2, 0.25) is 0 Å². The predicted octanol–water partition coefficient (Wildman–Crippen LogP) is 6.71. The molecule has 5 aromatic carbocycles. The Morgan fingerprint density at radius 3 is 1.94 bits per heavy atom. The van der Waals surface area contributed by atoms with E-state index in [0.717, 1.165) is 5.56 Å². The van der Waals surface area contributed by atoms with Crippen molar-refractivity contribution in [1.82, 2.24) is 39.4 Å². The third-order valence-corrected chi connectivity index (χ3v) is 15.5. The van der Waals surface area contributed by atoms with Crippen LogP contribution < -0.4 is 19.9 Å². The second-order valence-corrected chi connectivity index (χ2v) is 21.1. The van der Waals surface area contributed by atoms with Gasteiger partial charge in [-0.15, -0.1) is 10.2 Å². The van der Waals surface area contributed by atoms with Gasteiger partial charge in [0.2, 0.25) is 15.8 Å². The van der Waals surface area contributed by atoms with Gasteiger partial charge in [0.25, 0.3) is 0 Å². The molecule has 0 spiro atoms. The molecule has 1 fully saturated rings. The van der Waals surface area contributed by atoms with Gasteiger partial charge in [0.1, 0.15) is 27.7 Å². The molecule has 0 aliphatic carbocycles. The highest BCUT2D eigenvalue weighted by Gasteiger charge is 2.43. The Morgan fingerprint density at radius 2 is 1.37 bits per heavy atom. The van der Waals surface area contributed by atoms with Crippen molar-refractivity contribution in [2.24, 2.45) is 0 Å². The summed E-state index contributed by atoms with van der Waals surface area (Å²) in [5.74, 6) is 1.71. The van der Waals surface area contributed by atoms with E-state index in [1.54, 1.807) is 107 Å². The van der Waals surface area contributed by atoms with Gasteiger partial charge in [-0.1, -0.05) is 54.6 Å². The maximum Gasteiger partial charge on any atom is 0.410 e. The lowest BCUT2D eigenvalue weighted by Crippen LogP contribution is -2.37. The third kappa shape index (κ3) is 9.91. The fraction of sp³-hybridized carbons (Fsp3) is 0.298. The molecule has 350 valence electrons. The molecule has 1 aliphatic rings. The highest BCUT2D eigenvalue weighted by atomic mass is 32.2. The Kier molecular flexibility index (Phi) is 13.0. The number of hydrogen-bond acceptors (Lipinski definition) is 14. The van der Waals surface area contributed by atoms with Gasteiger partial charge in [-0.25, -0.2) is 26.6 Å². The van der Waals surface area contributed by atoms with Crippen molar-refractivity contribution >= 4 is 42.9 Å². The molecule has 8 rings (SSSR count). The zero-order valence-electron chi connectivity index (χ0n) is 37.8. The van der Waals surface area contributed by atoms with Crippen LogP contribution in [0.5, 0.6) is 17.2 Å². The summed E-state index contributed by atoms with van der Waals surface area (Å²) < 4.78 is 86.1. The second kappa shape index (κ2) is 18.7. The van der Waals surface area contributed by atoms with Gasteiger partial charge in [-0.2, -0.15) is 9.10 Å². The minimum atomic E-state index is -4.94. The van der Waals surface area contributed by atoms with Crippen molar-refractivity contribution in [3.8, 4) is 39.8 Å². The number of rotatable bonds is 15. The summed E-state index contributed by atoms with van der Waals surface area (Å²) in [5, 5.41) is 12.3. The molecule has 20 heteroatoms. The van der Waals surface area contributed by atoms with Crippen LogP contribution in [0.3, 0.4) is 0 Å². The molecule has 1 amide bonds. The largest absolute Gasteiger partial charge is 0.497 e. The van der Waals surface area contributed by atoms with Crippen molar-refractivity contribution < 1.29 is 40.6 Å². The third-order valence-electron chi connectivity index (χ3n) is 11.3. The first-order chi connectivity index (χ1) is 32.0. The Morgan fingerprint density at radius 1 is 0.791 bits per heavy atom. The maximum absolute atomic E-state index is 16.2. The molecule has 0 radical (unpaired) electrons. The van der Waals surface area contributed by atoms with E-state index in [-0.39, 0.29) is 62.0 Å². The maximum atomic E-state index is 16.2. The number of sulfonamides is 1. The molecule has 1 aliphatic heterocycles. The molecule has 67 heavy (non-hydrogen) atoms. The molecular formula is C47H51N9O9S2. The number of carbonyl (C=O) groups excluding carboxylic acids is 1. The first-order valence-electron chi connectivity index (χ1n) is 21.3. The minimum Gasteiger partial charge on any atom is -0.497 e. The topological polar surface area (TPSA) is 227 Å². The zero-order valence-corrected chi connectivity index (χ0v) is 39.5. The van der Waals surface area contributed by atoms with Crippen molar-refractivity contribution in [2.45, 2.75) is 67.5 Å². The summed E-state index contributed by atoms with van der Waals surface area (Å²) in [6.45, 7) is 4.73. The number of tetrazole rings is 1. The van der Waals surface area contributed by atoms with E-state index >= 15 is 16.8 Å². The summed E-state index contributed by atoms with van der Waals surface area (Å²) >= 11 is 0. The fourth-order valence-electron chi connectivity index (χ4n) is 7.94. The number of nitrogen functional groups attached to an aromatic ring is 1. The molecule has 3 N–H and O–H groups in total. The van der Waals surface area contributed by atoms with Gasteiger partial charge in [0, 0.05) is 31.7 Å². The first kappa shape index (κ1) is 46.5. The number of nitrogens with zero attached hydrogens (tertiary/aromatic N) is 7. The first-order valence-corrected chi connectivity index (χ1v) is 24.3. The quantitative estimate of drug-likeness (QED) is 0.109. The van der Waals surface area contributed by atoms with Crippen molar-refractivity contribution in [3.05, 3.63) is 120 Å². The number of H-pyrrole nitrogens is 1. The summed E-state index contributed by atoms with van der Waals surface area (Å²) in [5.41, 5.74) is 8.77. The Balaban J connectivity index is 1.38. The van der Waals surface area contributed by atoms with Crippen LogP contribution in [0.25, 0.3) is 33.5 Å². The Labute approximate surface area is 388 Å². The Hall–Kier alpha value is -7.03. The number of aromatic nitrogens is 6. The van der Waals surface area contributed by atoms with Crippen LogP contribution in [-0.4, -0.2) is 108 Å². The monoisotopic (exact) mass is 949 g/mol. The van der Waals surface area contributed by atoms with Gasteiger partial charge in [0.15, 0.2) is 15.8 Å². The van der Waals surface area contributed by atoms with Crippen LogP contribution in [-0.2, 0) is 44.2 Å². The SMILES string of the molecule is COc1ccc(CN(Cc2ccc(OC)cc2)S(=O)(=O)c2c(S(=O)(=O)C3CCN(C(=O)OC(C)(C)C)C3)ccc(-c3cccc4[nH]c(N)nc34)c2-c2nnn(Cc3ccc(OC)cc3)n2)cc1. The number of anilines is 1. The van der Waals surface area contributed by atoms with Gasteiger partial charge in [-0.05, 0) is 103 Å². The lowest BCUT2D eigenvalue weighted by Gasteiger charge is -2.27. The van der Waals surface area contributed by atoms with Gasteiger partial charge < -0.3 is 34.6 Å². The molecule has 3 heterocycles. The molecule has 1 atom stereocenters. The number of hydrogen-bond donors (Lipinski definition) is 2. The lowest BCUT2D eigenvalue weighted by molar-refractivity contribution is 0.0295. The number of carbonyl (C=O) groups is 1. The number of nitrogens with two attached hydrogens (primary N) is 1. The Bertz CT molecular complexity index is 3080. The van der Waals surface area contributed by atoms with E-state index < -0.39 is 46.6 Å². The number of ether oxygens (including phenoxy) is 4. The van der Waals surface area contributed by atoms with Crippen molar-refractivity contribution in [2.75, 3.05) is 40.2 Å². The van der Waals surface area contributed by atoms with Gasteiger partial charge >= 0.3 is 6.09 Å². The number of likely N-dealkylation sites (tertiary alicyclic amines) is 1. The predicted molar refractivity (Wildman–Crippen MR) is 251 cm³/mol. The minimum absolute atomic E-state index is 0.0156. The number of fused-ring (bicyclic) bond motifs is 1. The van der Waals surface area contributed by atoms with E-state index in [0.29, 0.717) is 45.0 Å². The summed E-state index contributed by atoms with van der Waals surface area (Å²) in [7, 11) is -4.92. The smallest absolute Gasteiger partial charge is 0.410 e. The van der Waals surface area contributed by atoms with Gasteiger partial charge in [0.05, 0.1) is 54.6 Å². The van der Waals surface area contributed by atoms with E-state index in [4.69, 9.17) is 29.8 Å². The molecule has 18 nitrogen and oxygen atoms in total. The summed E-state index contributed by atoms with van der Waals surface area (Å²) in [6, 6.07) is 29.1. The number of nitrogens with one attached hydrogen (secondary N) is 1. The van der Waals surface area contributed by atoms with Crippen LogP contribution in [0.1, 0.15) is 43.9 Å². The number of sulfone groups is 1. The molecular weight excluding hydrogens is 899 g/mol. The molecule has 2 aromatic heterocycles. The summed E-state index contributed by atoms with van der Waals surface area (Å²) in [6.07, 6.45) is -0.662. The average Bonchev–Trinajstić information content (AvgIpc) is 4.09. The number of benzene rings is 5. The molecule has 1 unspecified atom stereocenters. The zero-order chi connectivity index (χ0) is 47.7. The normalized spacial score (nSPS) is 14.4. The standard InChI is InChI=1S/C47H51N9O9S2/c1-47(2,3)65-46(57)54-25-24-36(29-54)66(58,59)40-23-22-37(38-8-7-9-39-42(38)50-45(48)49-39)41(44-51-53-56(52-44)28-32-14-20-35(64-6)21-15-32)43(40)67(60,61)55(26-30-10-16-33(62-4)17-11-30)27-31-12-18-34(63-5)19-13-31/h7-23,36H,24-29H2,1-6H3,(H3,48,49,50). The highest BCUT2D eigenvalue weighted by Crippen LogP contribution is 2.44. The van der Waals surface area contributed by atoms with E-state index in [1.165, 1.54) is 40.4 Å². The number of para-hydroxylation sites is 1. The van der Waals surface area contributed by atoms with Crippen molar-refractivity contribution in [3.63, 3.8) is 0 Å². The molecule has 0 saturated carbocycles. The summed E-state index contributed by atoms with van der Waals surface area (Å²) in [4.78, 5) is 22.4. The number of methoxy groups -OCH3 is 3. The van der Waals surface area contributed by atoms with Crippen LogP contribution in [0.15, 0.2) is 113 Å². The lowest BCUT2D eigenvalue weighted by atomic mass is 9.98. The van der Waals surface area contributed by atoms with Crippen LogP contribution in [0, 0.1) is 0 Å². The highest BCUT2D eigenvalue weighted by molar-refractivity contribution is 7.94. The van der Waals surface area contributed by atoms with Crippen LogP contribution in [0.4, 0.5) is 10.7 Å². The number of imidazole rings is 1. The molecule has 7 aromatic rings. The fourth-order valence-corrected chi connectivity index (χ4v) is 12.1. The number of amides is 1. The van der Waals surface area contributed by atoms with Gasteiger partial charge in [-0.3, -0.25) is 0 Å². The molecule has 0 bridgehead atoms. The van der Waals surface area contributed by atoms with E-state index in [1.807, 2.05) is 12.1 Å². The van der Waals surface area contributed by atoms with E-state index in [2.05, 4.69) is 20.3 Å². The van der Waals surface area contributed by atoms with E-state index in [9.17, 15) is 4.79 Å². The van der Waals surface area contributed by atoms with Crippen molar-refractivity contribution in [1.29, 1.82) is 0 Å². The van der Waals surface area contributed by atoms with Crippen LogP contribution >= 0.6 is 0 Å². The molecule has 1 saturated heterocycles. The second-order valence-electron chi connectivity index (χ2n) is 17.0. The average molecular weight is 950 g/mol. The number of aromatic amines is 1.